The molecule has 0 saturated carbocycles. The lowest BCUT2D eigenvalue weighted by Gasteiger charge is -2.39. The van der Waals surface area contributed by atoms with Crippen LogP contribution in [0, 0.1) is 5.92 Å². The highest BCUT2D eigenvalue weighted by atomic mass is 35.5. The molecule has 4 heterocycles. The van der Waals surface area contributed by atoms with E-state index < -0.39 is 19.8 Å². The second-order valence-corrected chi connectivity index (χ2v) is 21.3. The number of nitrogens with zero attached hydrogens (tertiary/aromatic N) is 3. The summed E-state index contributed by atoms with van der Waals surface area (Å²) in [6, 6.07) is 29.2. The number of methoxy groups -OCH3 is 1. The van der Waals surface area contributed by atoms with Gasteiger partial charge in [0.05, 0.1) is 59.1 Å². The fourth-order valence-electron chi connectivity index (χ4n) is 9.82. The number of anilines is 2. The Morgan fingerprint density at radius 3 is 2.45 bits per heavy atom. The number of carbonyl (C=O) groups is 3. The summed E-state index contributed by atoms with van der Waals surface area (Å²) in [6.45, 7) is 8.89. The van der Waals surface area contributed by atoms with Crippen LogP contribution in [0.1, 0.15) is 35.6 Å². The number of piperazine rings is 1. The zero-order valence-corrected chi connectivity index (χ0v) is 34.1. The lowest BCUT2D eigenvalue weighted by Crippen LogP contribution is -2.52. The van der Waals surface area contributed by atoms with Gasteiger partial charge in [0.15, 0.2) is 5.60 Å². The lowest BCUT2D eigenvalue weighted by atomic mass is 9.82. The van der Waals surface area contributed by atoms with E-state index in [2.05, 4.69) is 43.5 Å². The number of carbonyl (C=O) groups excluding carboxylic acids is 3. The minimum Gasteiger partial charge on any atom is -0.497 e. The first-order chi connectivity index (χ1) is 27.0. The van der Waals surface area contributed by atoms with E-state index in [4.69, 9.17) is 21.1 Å². The van der Waals surface area contributed by atoms with Crippen molar-refractivity contribution in [3.8, 4) is 5.75 Å². The first kappa shape index (κ1) is 38.4. The minimum atomic E-state index is -2.53. The Morgan fingerprint density at radius 2 is 1.75 bits per heavy atom. The van der Waals surface area contributed by atoms with E-state index in [1.54, 1.807) is 27.9 Å². The predicted molar refractivity (Wildman–Crippen MR) is 220 cm³/mol. The maximum Gasteiger partial charge on any atom is 0.264 e. The molecule has 0 radical (unpaired) electrons. The highest BCUT2D eigenvalue weighted by molar-refractivity contribution is 6.91. The highest BCUT2D eigenvalue weighted by Gasteiger charge is 2.66. The van der Waals surface area contributed by atoms with Gasteiger partial charge in [-0.1, -0.05) is 85.3 Å². The third kappa shape index (κ3) is 6.53. The molecule has 4 aromatic rings. The van der Waals surface area contributed by atoms with Crippen LogP contribution >= 0.6 is 11.6 Å². The molecule has 2 saturated heterocycles. The van der Waals surface area contributed by atoms with Crippen molar-refractivity contribution >= 4 is 54.0 Å². The molecule has 0 aliphatic carbocycles. The molecule has 56 heavy (non-hydrogen) atoms. The van der Waals surface area contributed by atoms with Crippen molar-refractivity contribution < 1.29 is 29.0 Å². The molecule has 0 aromatic heterocycles. The van der Waals surface area contributed by atoms with Crippen molar-refractivity contribution in [2.45, 2.75) is 69.2 Å². The summed E-state index contributed by atoms with van der Waals surface area (Å²) in [7, 11) is -0.882. The van der Waals surface area contributed by atoms with Gasteiger partial charge in [0, 0.05) is 41.8 Å². The van der Waals surface area contributed by atoms with E-state index in [9.17, 15) is 14.7 Å². The van der Waals surface area contributed by atoms with Crippen molar-refractivity contribution in [1.82, 2.24) is 10.2 Å². The summed E-state index contributed by atoms with van der Waals surface area (Å²) in [6.07, 6.45) is 0.0487. The summed E-state index contributed by atoms with van der Waals surface area (Å²) in [5.41, 5.74) is 3.85. The molecule has 12 heteroatoms. The van der Waals surface area contributed by atoms with Gasteiger partial charge in [0.2, 0.25) is 11.8 Å². The van der Waals surface area contributed by atoms with Gasteiger partial charge >= 0.3 is 0 Å². The van der Waals surface area contributed by atoms with Crippen molar-refractivity contribution in [1.29, 1.82) is 0 Å². The largest absolute Gasteiger partial charge is 0.497 e. The Morgan fingerprint density at radius 1 is 1.02 bits per heavy atom. The second kappa shape index (κ2) is 15.1. The fourth-order valence-corrected chi connectivity index (χ4v) is 14.0. The summed E-state index contributed by atoms with van der Waals surface area (Å²) in [5, 5.41) is 15.3. The fraction of sp³-hybridized carbons (Fsp3) is 0.386. The van der Waals surface area contributed by atoms with Gasteiger partial charge in [0.25, 0.3) is 5.91 Å². The molecule has 2 fully saturated rings. The molecule has 1 spiro atoms. The van der Waals surface area contributed by atoms with Crippen LogP contribution < -0.4 is 25.0 Å². The molecular formula is C44H49ClN4O6Si. The number of fused-ring (bicyclic) bond motifs is 3. The molecule has 0 unspecified atom stereocenters. The molecule has 292 valence electrons. The third-order valence-corrected chi connectivity index (χ3v) is 17.3. The first-order valence-corrected chi connectivity index (χ1v) is 22.9. The van der Waals surface area contributed by atoms with Crippen molar-refractivity contribution in [3.63, 3.8) is 0 Å². The van der Waals surface area contributed by atoms with Crippen LogP contribution in [0.4, 0.5) is 11.4 Å². The van der Waals surface area contributed by atoms with E-state index >= 15 is 4.79 Å². The summed E-state index contributed by atoms with van der Waals surface area (Å²) < 4.78 is 12.8. The van der Waals surface area contributed by atoms with Crippen LogP contribution in [0.2, 0.25) is 23.7 Å². The van der Waals surface area contributed by atoms with Gasteiger partial charge in [0.1, 0.15) is 5.75 Å². The molecule has 10 nitrogen and oxygen atoms in total. The van der Waals surface area contributed by atoms with E-state index in [1.165, 1.54) is 5.19 Å². The maximum absolute atomic E-state index is 15.3. The maximum atomic E-state index is 15.3. The lowest BCUT2D eigenvalue weighted by molar-refractivity contribution is -0.151. The van der Waals surface area contributed by atoms with Gasteiger partial charge in [-0.25, -0.2) is 0 Å². The second-order valence-electron chi connectivity index (χ2n) is 16.1. The van der Waals surface area contributed by atoms with Gasteiger partial charge in [-0.2, -0.15) is 0 Å². The van der Waals surface area contributed by atoms with Crippen LogP contribution in [0.3, 0.4) is 0 Å². The number of amides is 3. The van der Waals surface area contributed by atoms with Crippen LogP contribution in [0.5, 0.6) is 5.75 Å². The smallest absolute Gasteiger partial charge is 0.264 e. The zero-order chi connectivity index (χ0) is 39.4. The molecule has 5 atom stereocenters. The molecule has 8 rings (SSSR count). The Hall–Kier alpha value is -4.52. The van der Waals surface area contributed by atoms with Gasteiger partial charge in [-0.3, -0.25) is 14.4 Å². The number of hydrogen-bond acceptors (Lipinski definition) is 7. The topological polar surface area (TPSA) is 112 Å². The number of hydrogen-bond donors (Lipinski definition) is 2. The van der Waals surface area contributed by atoms with E-state index in [0.717, 1.165) is 40.4 Å². The number of benzene rings is 4. The van der Waals surface area contributed by atoms with Crippen LogP contribution in [0.15, 0.2) is 91.0 Å². The van der Waals surface area contributed by atoms with Crippen molar-refractivity contribution in [2.75, 3.05) is 43.2 Å². The minimum absolute atomic E-state index is 0.0273. The van der Waals surface area contributed by atoms with Gasteiger partial charge in [-0.15, -0.1) is 0 Å². The normalized spacial score (nSPS) is 24.8. The number of ether oxygens (including phenoxy) is 2. The highest BCUT2D eigenvalue weighted by Crippen LogP contribution is 2.60. The molecule has 4 aliphatic rings. The van der Waals surface area contributed by atoms with Crippen LogP contribution in [0.25, 0.3) is 0 Å². The first-order valence-electron chi connectivity index (χ1n) is 19.5. The van der Waals surface area contributed by atoms with Crippen molar-refractivity contribution in [2.24, 2.45) is 5.92 Å². The number of aliphatic hydroxyl groups is 1. The molecule has 3 amide bonds. The quantitative estimate of drug-likeness (QED) is 0.219. The van der Waals surface area contributed by atoms with E-state index in [1.807, 2.05) is 66.7 Å². The van der Waals surface area contributed by atoms with Crippen LogP contribution in [-0.4, -0.2) is 81.3 Å². The average molecular weight is 793 g/mol. The van der Waals surface area contributed by atoms with Crippen molar-refractivity contribution in [3.05, 3.63) is 118 Å². The summed E-state index contributed by atoms with van der Waals surface area (Å²) in [5.74, 6) is 0.183. The summed E-state index contributed by atoms with van der Waals surface area (Å²) in [4.78, 5) is 47.8. The number of nitrogens with one attached hydrogen (secondary N) is 1. The van der Waals surface area contributed by atoms with Crippen LogP contribution in [-0.2, 0) is 44.2 Å². The Bertz CT molecular complexity index is 2150. The van der Waals surface area contributed by atoms with E-state index in [-0.39, 0.29) is 48.3 Å². The monoisotopic (exact) mass is 792 g/mol. The Labute approximate surface area is 334 Å². The number of rotatable bonds is 9. The molecule has 4 aromatic carbocycles. The molecule has 0 bridgehead atoms. The Kier molecular flexibility index (Phi) is 10.3. The summed E-state index contributed by atoms with van der Waals surface area (Å²) >= 11 is 6.73. The predicted octanol–water partition coefficient (Wildman–Crippen LogP) is 5.38. The number of halogens is 1. The van der Waals surface area contributed by atoms with E-state index in [0.29, 0.717) is 43.2 Å². The van der Waals surface area contributed by atoms with Gasteiger partial charge in [-0.05, 0) is 71.1 Å². The average Bonchev–Trinajstić information content (AvgIpc) is 3.63. The third-order valence-electron chi connectivity index (χ3n) is 12.7. The van der Waals surface area contributed by atoms with Gasteiger partial charge < -0.3 is 34.6 Å². The standard InChI is InChI=1S/C44H49ClN4O6Si/c1-28-42(56(3,4)36-16-14-35(54-2)15-17-36)39(23-40(51)48-26-31-8-6-5-7-30(31)21-34(48)27-50)55-44(28)37-22-32(45)11-18-38(37)49(43(44)53)25-29-9-12-33(13-10-29)47-20-19-46-24-41(47)52/h5-18,22,28,34,39,42,46,50H,19-21,23-27H2,1-4H3/t28-,34+,39+,42-,44+/m1/s1. The molecule has 2 N–H and O–H groups in total. The molecule has 4 aliphatic heterocycles. The molecular weight excluding hydrogens is 744 g/mol. The Balaban J connectivity index is 1.16. The number of aliphatic hydroxyl groups excluding tert-OH is 1. The SMILES string of the molecule is COc1ccc([Si](C)(C)[C@H]2[C@H](CC(=O)N3Cc4ccccc4C[C@H]3CO)O[C@@]3(C(=O)N(Cc4ccc(N5CCNCC5=O)cc4)c4ccc(Cl)cc43)[C@@H]2C)cc1. The zero-order valence-electron chi connectivity index (χ0n) is 32.3.